The van der Waals surface area contributed by atoms with Gasteiger partial charge in [-0.3, -0.25) is 19.0 Å². The molecule has 3 heterocycles. The number of methoxy groups -OCH3 is 1. The molecule has 36 heavy (non-hydrogen) atoms. The molecule has 0 spiro atoms. The number of aryl methyl sites for hydroxylation is 1. The molecule has 1 aliphatic heterocycles. The molecule has 188 valence electrons. The van der Waals surface area contributed by atoms with Crippen LogP contribution >= 0.6 is 12.4 Å². The number of piperidine rings is 1. The minimum atomic E-state index is -0.367. The van der Waals surface area contributed by atoms with E-state index in [2.05, 4.69) is 10.6 Å². The molecule has 0 bridgehead atoms. The first-order valence-electron chi connectivity index (χ1n) is 11.8. The van der Waals surface area contributed by atoms with Gasteiger partial charge in [-0.25, -0.2) is 0 Å². The van der Waals surface area contributed by atoms with Crippen LogP contribution in [0, 0.1) is 0 Å². The van der Waals surface area contributed by atoms with Gasteiger partial charge in [-0.2, -0.15) is 0 Å². The van der Waals surface area contributed by atoms with Crippen molar-refractivity contribution >= 4 is 45.9 Å². The summed E-state index contributed by atoms with van der Waals surface area (Å²) in [5.41, 5.74) is 1.69. The standard InChI is InChI=1S/C27H28N4O4.ClH/c1-30-23-19-12-6-7-13-20(19)31(16-21(32)17-9-4-3-5-10-17)27(34)22(23)25(35-2)24(30)26(33)29-18-11-8-14-28-15-18;/h3-7,9-10,12-13,18,28H,8,11,14-16H2,1-2H3,(H,29,33);1H. The van der Waals surface area contributed by atoms with E-state index in [1.54, 1.807) is 35.9 Å². The zero-order valence-electron chi connectivity index (χ0n) is 20.2. The number of carbonyl (C=O) groups is 2. The maximum absolute atomic E-state index is 13.8. The fourth-order valence-corrected chi connectivity index (χ4v) is 5.02. The number of benzene rings is 2. The van der Waals surface area contributed by atoms with Crippen LogP contribution in [0.5, 0.6) is 5.75 Å². The van der Waals surface area contributed by atoms with Gasteiger partial charge in [-0.05, 0) is 25.5 Å². The molecule has 1 fully saturated rings. The number of ketones is 1. The zero-order chi connectivity index (χ0) is 24.5. The van der Waals surface area contributed by atoms with Gasteiger partial charge in [-0.1, -0.05) is 48.5 Å². The van der Waals surface area contributed by atoms with Crippen LogP contribution in [0.2, 0.25) is 0 Å². The van der Waals surface area contributed by atoms with Crippen molar-refractivity contribution in [1.29, 1.82) is 0 Å². The number of carbonyl (C=O) groups excluding carboxylic acids is 2. The number of halogens is 1. The minimum absolute atomic E-state index is 0. The lowest BCUT2D eigenvalue weighted by atomic mass is 10.1. The molecule has 2 N–H and O–H groups in total. The van der Waals surface area contributed by atoms with Crippen molar-refractivity contribution in [3.8, 4) is 5.75 Å². The van der Waals surface area contributed by atoms with Crippen molar-refractivity contribution < 1.29 is 14.3 Å². The molecule has 1 unspecified atom stereocenters. The molecule has 1 aliphatic rings. The highest BCUT2D eigenvalue weighted by Gasteiger charge is 2.29. The fourth-order valence-electron chi connectivity index (χ4n) is 5.02. The monoisotopic (exact) mass is 508 g/mol. The second-order valence-corrected chi connectivity index (χ2v) is 8.88. The third kappa shape index (κ3) is 4.38. The summed E-state index contributed by atoms with van der Waals surface area (Å²) in [5, 5.41) is 7.44. The van der Waals surface area contributed by atoms with Gasteiger partial charge >= 0.3 is 0 Å². The molecule has 9 heteroatoms. The number of pyridine rings is 1. The van der Waals surface area contributed by atoms with Crippen LogP contribution in [-0.2, 0) is 13.6 Å². The van der Waals surface area contributed by atoms with Gasteiger partial charge < -0.3 is 19.9 Å². The van der Waals surface area contributed by atoms with E-state index in [0.717, 1.165) is 24.8 Å². The smallest absolute Gasteiger partial charge is 0.272 e. The summed E-state index contributed by atoms with van der Waals surface area (Å²) in [6.07, 6.45) is 1.88. The number of fused-ring (bicyclic) bond motifs is 3. The molecule has 0 radical (unpaired) electrons. The Bertz CT molecular complexity index is 1490. The molecule has 2 aromatic carbocycles. The first kappa shape index (κ1) is 25.5. The van der Waals surface area contributed by atoms with Crippen LogP contribution in [0.1, 0.15) is 33.7 Å². The topological polar surface area (TPSA) is 94.4 Å². The Morgan fingerprint density at radius 2 is 1.83 bits per heavy atom. The Hall–Kier alpha value is -3.62. The predicted octanol–water partition coefficient (Wildman–Crippen LogP) is 3.29. The second kappa shape index (κ2) is 10.6. The van der Waals surface area contributed by atoms with E-state index in [4.69, 9.17) is 4.74 Å². The maximum atomic E-state index is 13.8. The second-order valence-electron chi connectivity index (χ2n) is 8.88. The van der Waals surface area contributed by atoms with Crippen molar-refractivity contribution in [3.63, 3.8) is 0 Å². The number of aromatic nitrogens is 2. The highest BCUT2D eigenvalue weighted by atomic mass is 35.5. The molecular weight excluding hydrogens is 480 g/mol. The summed E-state index contributed by atoms with van der Waals surface area (Å²) in [6, 6.07) is 16.3. The zero-order valence-corrected chi connectivity index (χ0v) is 21.1. The van der Waals surface area contributed by atoms with Gasteiger partial charge in [0.25, 0.3) is 11.5 Å². The van der Waals surface area contributed by atoms with Gasteiger partial charge in [0.2, 0.25) is 0 Å². The number of Topliss-reactive ketones (excluding diaryl/α,β-unsaturated/α-hetero) is 1. The van der Waals surface area contributed by atoms with Crippen LogP contribution in [0.15, 0.2) is 59.4 Å². The summed E-state index contributed by atoms with van der Waals surface area (Å²) in [6.45, 7) is 1.53. The highest BCUT2D eigenvalue weighted by Crippen LogP contribution is 2.34. The predicted molar refractivity (Wildman–Crippen MR) is 143 cm³/mol. The average molecular weight is 509 g/mol. The minimum Gasteiger partial charge on any atom is -0.493 e. The Morgan fingerprint density at radius 1 is 1.11 bits per heavy atom. The van der Waals surface area contributed by atoms with Crippen LogP contribution in [0.25, 0.3) is 21.8 Å². The van der Waals surface area contributed by atoms with Gasteiger partial charge in [0.1, 0.15) is 5.39 Å². The molecule has 2 aromatic heterocycles. The molecule has 5 rings (SSSR count). The molecular formula is C27H29ClN4O4. The van der Waals surface area contributed by atoms with E-state index in [0.29, 0.717) is 34.2 Å². The van der Waals surface area contributed by atoms with Crippen molar-refractivity contribution in [2.24, 2.45) is 7.05 Å². The van der Waals surface area contributed by atoms with E-state index < -0.39 is 0 Å². The van der Waals surface area contributed by atoms with Crippen molar-refractivity contribution in [1.82, 2.24) is 19.8 Å². The summed E-state index contributed by atoms with van der Waals surface area (Å²) >= 11 is 0. The van der Waals surface area contributed by atoms with E-state index in [9.17, 15) is 14.4 Å². The van der Waals surface area contributed by atoms with E-state index >= 15 is 0 Å². The molecule has 1 saturated heterocycles. The third-order valence-corrected chi connectivity index (χ3v) is 6.71. The number of hydrogen-bond acceptors (Lipinski definition) is 5. The van der Waals surface area contributed by atoms with Gasteiger partial charge in [-0.15, -0.1) is 12.4 Å². The van der Waals surface area contributed by atoms with Crippen molar-refractivity contribution in [2.45, 2.75) is 25.4 Å². The Kier molecular flexibility index (Phi) is 7.47. The number of nitrogens with zero attached hydrogens (tertiary/aromatic N) is 2. The third-order valence-electron chi connectivity index (χ3n) is 6.71. The molecule has 8 nitrogen and oxygen atoms in total. The summed E-state index contributed by atoms with van der Waals surface area (Å²) in [4.78, 5) is 40.3. The lowest BCUT2D eigenvalue weighted by Crippen LogP contribution is -2.46. The molecule has 1 atom stereocenters. The number of hydrogen-bond donors (Lipinski definition) is 2. The SMILES string of the molecule is COc1c(C(=O)NC2CCCNC2)n(C)c2c1c(=O)n(CC(=O)c1ccccc1)c1ccccc21.Cl. The quantitative estimate of drug-likeness (QED) is 0.390. The number of amides is 1. The molecule has 0 aliphatic carbocycles. The summed E-state index contributed by atoms with van der Waals surface area (Å²) in [5.74, 6) is -0.236. The van der Waals surface area contributed by atoms with Gasteiger partial charge in [0.15, 0.2) is 17.2 Å². The average Bonchev–Trinajstić information content (AvgIpc) is 3.20. The number of nitrogens with one attached hydrogen (secondary N) is 2. The Balaban J connectivity index is 0.00000304. The van der Waals surface area contributed by atoms with E-state index in [-0.39, 0.29) is 48.0 Å². The number of para-hydroxylation sites is 1. The number of ether oxygens (including phenoxy) is 1. The summed E-state index contributed by atoms with van der Waals surface area (Å²) < 4.78 is 8.87. The Morgan fingerprint density at radius 3 is 2.53 bits per heavy atom. The summed E-state index contributed by atoms with van der Waals surface area (Å²) in [7, 11) is 3.23. The largest absolute Gasteiger partial charge is 0.493 e. The van der Waals surface area contributed by atoms with Crippen LogP contribution in [0.3, 0.4) is 0 Å². The fraction of sp³-hybridized carbons (Fsp3) is 0.296. The molecule has 1 amide bonds. The van der Waals surface area contributed by atoms with Crippen molar-refractivity contribution in [3.05, 3.63) is 76.2 Å². The highest BCUT2D eigenvalue weighted by molar-refractivity contribution is 6.12. The number of rotatable bonds is 6. The lowest BCUT2D eigenvalue weighted by molar-refractivity contribution is 0.0918. The van der Waals surface area contributed by atoms with Gasteiger partial charge in [0.05, 0.1) is 24.7 Å². The maximum Gasteiger partial charge on any atom is 0.272 e. The Labute approximate surface area is 214 Å². The lowest BCUT2D eigenvalue weighted by Gasteiger charge is -2.24. The molecule has 4 aromatic rings. The van der Waals surface area contributed by atoms with Crippen molar-refractivity contribution in [2.75, 3.05) is 20.2 Å². The molecule has 0 saturated carbocycles. The van der Waals surface area contributed by atoms with E-state index in [1.165, 1.54) is 11.7 Å². The first-order valence-corrected chi connectivity index (χ1v) is 11.8. The van der Waals surface area contributed by atoms with Crippen LogP contribution in [0.4, 0.5) is 0 Å². The first-order chi connectivity index (χ1) is 17.0. The van der Waals surface area contributed by atoms with E-state index in [1.807, 2.05) is 30.3 Å². The van der Waals surface area contributed by atoms with Gasteiger partial charge in [0, 0.05) is 30.6 Å². The van der Waals surface area contributed by atoms with Crippen LogP contribution < -0.4 is 20.9 Å². The normalized spacial score (nSPS) is 15.4. The van der Waals surface area contributed by atoms with Crippen LogP contribution in [-0.4, -0.2) is 47.1 Å².